The van der Waals surface area contributed by atoms with E-state index in [1.165, 1.54) is 12.1 Å². The van der Waals surface area contributed by atoms with E-state index in [1.54, 1.807) is 0 Å². The minimum atomic E-state index is -1.44. The quantitative estimate of drug-likeness (QED) is 0.620. The minimum absolute atomic E-state index is 0.117. The molecule has 0 spiro atoms. The number of hydrogen-bond donors (Lipinski definition) is 4. The second-order valence-corrected chi connectivity index (χ2v) is 4.67. The van der Waals surface area contributed by atoms with Crippen LogP contribution in [0.15, 0.2) is 12.1 Å². The number of carbonyl (C=O) groups is 2. The second-order valence-electron chi connectivity index (χ2n) is 4.67. The summed E-state index contributed by atoms with van der Waals surface area (Å²) in [7, 11) is 0. The molecule has 1 aliphatic rings. The van der Waals surface area contributed by atoms with Gasteiger partial charge in [-0.15, -0.1) is 0 Å². The van der Waals surface area contributed by atoms with Crippen molar-refractivity contribution in [3.8, 4) is 11.5 Å². The summed E-state index contributed by atoms with van der Waals surface area (Å²) < 4.78 is 0. The Balaban J connectivity index is 2.61. The summed E-state index contributed by atoms with van der Waals surface area (Å²) in [6.07, 6.45) is 1.12. The molecule has 0 saturated heterocycles. The van der Waals surface area contributed by atoms with Crippen molar-refractivity contribution >= 4 is 22.7 Å². The molecule has 2 aromatic carbocycles. The molecular weight excluding hydrogens is 264 g/mol. The first-order chi connectivity index (χ1) is 9.43. The van der Waals surface area contributed by atoms with E-state index in [1.807, 2.05) is 0 Å². The molecule has 3 rings (SSSR count). The lowest BCUT2D eigenvalue weighted by atomic mass is 9.78. The lowest BCUT2D eigenvalue weighted by Gasteiger charge is -2.25. The summed E-state index contributed by atoms with van der Waals surface area (Å²) in [5, 5.41) is 38.4. The molecule has 4 N–H and O–H groups in total. The van der Waals surface area contributed by atoms with Gasteiger partial charge < -0.3 is 20.4 Å². The average molecular weight is 274 g/mol. The Kier molecular flexibility index (Phi) is 2.37. The molecule has 6 nitrogen and oxygen atoms in total. The largest absolute Gasteiger partial charge is 0.504 e. The average Bonchev–Trinajstić information content (AvgIpc) is 2.33. The molecule has 0 unspecified atom stereocenters. The fourth-order valence-corrected chi connectivity index (χ4v) is 2.76. The number of phenolic OH excluding ortho intramolecular Hbond substituents is 2. The topological polar surface area (TPSA) is 115 Å². The smallest absolute Gasteiger partial charge is 0.337 e. The standard InChI is InChI=1S/C14H10O6/c15-8-4-3-6-5-1-2-7(5)10(13(17)18)11(14(19)20)9(6)12(8)16/h3-4,15-16H,1-2H2,(H,17,18)(H,19,20). The van der Waals surface area contributed by atoms with E-state index in [0.29, 0.717) is 23.8 Å². The summed E-state index contributed by atoms with van der Waals surface area (Å²) in [4.78, 5) is 22.8. The van der Waals surface area contributed by atoms with Crippen molar-refractivity contribution in [1.29, 1.82) is 0 Å². The Morgan fingerprint density at radius 2 is 1.50 bits per heavy atom. The Hall–Kier alpha value is -2.76. The predicted octanol–water partition coefficient (Wildman–Crippen LogP) is 1.75. The highest BCUT2D eigenvalue weighted by atomic mass is 16.4. The number of carboxylic acids is 2. The molecule has 0 aliphatic heterocycles. The number of hydrogen-bond acceptors (Lipinski definition) is 4. The number of aromatic hydroxyl groups is 2. The zero-order valence-electron chi connectivity index (χ0n) is 10.2. The summed E-state index contributed by atoms with van der Waals surface area (Å²) in [6.45, 7) is 0. The molecule has 0 amide bonds. The Bertz CT molecular complexity index is 790. The van der Waals surface area contributed by atoms with Crippen LogP contribution in [-0.2, 0) is 12.8 Å². The summed E-state index contributed by atoms with van der Waals surface area (Å²) in [5.74, 6) is -3.86. The molecule has 20 heavy (non-hydrogen) atoms. The third kappa shape index (κ3) is 1.38. The van der Waals surface area contributed by atoms with Crippen LogP contribution in [0.25, 0.3) is 10.8 Å². The number of aryl methyl sites for hydroxylation is 1. The fraction of sp³-hybridized carbons (Fsp3) is 0.143. The molecule has 2 aromatic rings. The van der Waals surface area contributed by atoms with Crippen LogP contribution >= 0.6 is 0 Å². The van der Waals surface area contributed by atoms with Crippen LogP contribution in [0, 0.1) is 0 Å². The summed E-state index contributed by atoms with van der Waals surface area (Å²) >= 11 is 0. The van der Waals surface area contributed by atoms with Crippen molar-refractivity contribution in [2.24, 2.45) is 0 Å². The first-order valence-electron chi connectivity index (χ1n) is 5.92. The van der Waals surface area contributed by atoms with Crippen molar-refractivity contribution in [3.63, 3.8) is 0 Å². The van der Waals surface area contributed by atoms with E-state index >= 15 is 0 Å². The van der Waals surface area contributed by atoms with Gasteiger partial charge in [0, 0.05) is 5.39 Å². The van der Waals surface area contributed by atoms with Crippen LogP contribution in [0.5, 0.6) is 11.5 Å². The number of aromatic carboxylic acids is 2. The third-order valence-electron chi connectivity index (χ3n) is 3.70. The van der Waals surface area contributed by atoms with E-state index in [-0.39, 0.29) is 10.9 Å². The highest BCUT2D eigenvalue weighted by Gasteiger charge is 2.32. The molecule has 0 heterocycles. The van der Waals surface area contributed by atoms with Crippen LogP contribution in [-0.4, -0.2) is 32.4 Å². The highest BCUT2D eigenvalue weighted by molar-refractivity contribution is 6.16. The molecule has 0 saturated carbocycles. The van der Waals surface area contributed by atoms with Crippen molar-refractivity contribution in [2.45, 2.75) is 12.8 Å². The molecule has 102 valence electrons. The van der Waals surface area contributed by atoms with Gasteiger partial charge >= 0.3 is 11.9 Å². The lowest BCUT2D eigenvalue weighted by molar-refractivity contribution is 0.0651. The van der Waals surface area contributed by atoms with Gasteiger partial charge in [-0.1, -0.05) is 6.07 Å². The molecular formula is C14H10O6. The molecule has 6 heteroatoms. The predicted molar refractivity (Wildman–Crippen MR) is 68.6 cm³/mol. The van der Waals surface area contributed by atoms with Gasteiger partial charge in [0.25, 0.3) is 0 Å². The summed E-state index contributed by atoms with van der Waals surface area (Å²) in [6, 6.07) is 2.77. The van der Waals surface area contributed by atoms with Gasteiger partial charge in [0.1, 0.15) is 0 Å². The monoisotopic (exact) mass is 274 g/mol. The maximum Gasteiger partial charge on any atom is 0.337 e. The van der Waals surface area contributed by atoms with Crippen LogP contribution in [0.3, 0.4) is 0 Å². The van der Waals surface area contributed by atoms with Crippen LogP contribution in [0.4, 0.5) is 0 Å². The first-order valence-corrected chi connectivity index (χ1v) is 5.92. The molecule has 0 atom stereocenters. The molecule has 1 aliphatic carbocycles. The number of carboxylic acid groups (broad SMARTS) is 2. The van der Waals surface area contributed by atoms with Gasteiger partial charge in [-0.25, -0.2) is 9.59 Å². The van der Waals surface area contributed by atoms with Gasteiger partial charge in [-0.2, -0.15) is 0 Å². The van der Waals surface area contributed by atoms with Crippen molar-refractivity contribution in [1.82, 2.24) is 0 Å². The zero-order chi connectivity index (χ0) is 14.6. The lowest BCUT2D eigenvalue weighted by Crippen LogP contribution is -2.21. The van der Waals surface area contributed by atoms with E-state index < -0.39 is 29.0 Å². The maximum absolute atomic E-state index is 11.4. The SMILES string of the molecule is O=C(O)c1c2c(c3ccc(O)c(O)c3c1C(=O)O)CC2. The Labute approximate surface area is 112 Å². The van der Waals surface area contributed by atoms with Gasteiger partial charge in [-0.05, 0) is 35.4 Å². The Morgan fingerprint density at radius 1 is 0.900 bits per heavy atom. The number of rotatable bonds is 2. The van der Waals surface area contributed by atoms with Gasteiger partial charge in [0.15, 0.2) is 11.5 Å². The summed E-state index contributed by atoms with van der Waals surface area (Å²) in [5.41, 5.74) is 0.441. The van der Waals surface area contributed by atoms with Gasteiger partial charge in [-0.3, -0.25) is 0 Å². The van der Waals surface area contributed by atoms with Crippen molar-refractivity contribution in [2.75, 3.05) is 0 Å². The highest BCUT2D eigenvalue weighted by Crippen LogP contribution is 2.44. The maximum atomic E-state index is 11.4. The van der Waals surface area contributed by atoms with Crippen LogP contribution in [0.2, 0.25) is 0 Å². The van der Waals surface area contributed by atoms with Crippen LogP contribution < -0.4 is 0 Å². The second kappa shape index (κ2) is 3.86. The zero-order valence-corrected chi connectivity index (χ0v) is 10.2. The van der Waals surface area contributed by atoms with Crippen LogP contribution in [0.1, 0.15) is 31.8 Å². The molecule has 0 fully saturated rings. The first kappa shape index (κ1) is 12.3. The number of benzene rings is 2. The number of phenols is 2. The fourth-order valence-electron chi connectivity index (χ4n) is 2.76. The van der Waals surface area contributed by atoms with E-state index in [2.05, 4.69) is 0 Å². The third-order valence-corrected chi connectivity index (χ3v) is 3.70. The van der Waals surface area contributed by atoms with Crippen molar-refractivity contribution in [3.05, 3.63) is 34.4 Å². The molecule has 0 bridgehead atoms. The molecule has 0 radical (unpaired) electrons. The van der Waals surface area contributed by atoms with Gasteiger partial charge in [0.05, 0.1) is 11.1 Å². The minimum Gasteiger partial charge on any atom is -0.504 e. The normalized spacial score (nSPS) is 12.8. The van der Waals surface area contributed by atoms with Gasteiger partial charge in [0.2, 0.25) is 0 Å². The molecule has 0 aromatic heterocycles. The van der Waals surface area contributed by atoms with Crippen molar-refractivity contribution < 1.29 is 30.0 Å². The van der Waals surface area contributed by atoms with E-state index in [0.717, 1.165) is 5.56 Å². The Morgan fingerprint density at radius 3 is 2.00 bits per heavy atom. The van der Waals surface area contributed by atoms with E-state index in [4.69, 9.17) is 0 Å². The number of fused-ring (bicyclic) bond motifs is 3. The van der Waals surface area contributed by atoms with E-state index in [9.17, 15) is 30.0 Å².